The van der Waals surface area contributed by atoms with E-state index in [4.69, 9.17) is 4.74 Å². The number of likely N-dealkylation sites (tertiary alicyclic amines) is 1. The highest BCUT2D eigenvalue weighted by atomic mass is 16.5. The van der Waals surface area contributed by atoms with E-state index >= 15 is 0 Å². The minimum absolute atomic E-state index is 0.278. The van der Waals surface area contributed by atoms with Gasteiger partial charge < -0.3 is 4.74 Å². The van der Waals surface area contributed by atoms with Crippen LogP contribution in [0.1, 0.15) is 52.4 Å². The van der Waals surface area contributed by atoms with Crippen LogP contribution in [0.4, 0.5) is 0 Å². The van der Waals surface area contributed by atoms with Gasteiger partial charge in [0.15, 0.2) is 0 Å². The summed E-state index contributed by atoms with van der Waals surface area (Å²) in [5.74, 6) is 0.505. The van der Waals surface area contributed by atoms with E-state index in [1.54, 1.807) is 0 Å². The third-order valence-electron chi connectivity index (χ3n) is 5.48. The summed E-state index contributed by atoms with van der Waals surface area (Å²) >= 11 is 0. The van der Waals surface area contributed by atoms with Crippen molar-refractivity contribution in [1.82, 2.24) is 10.2 Å². The van der Waals surface area contributed by atoms with Crippen molar-refractivity contribution in [2.24, 2.45) is 5.92 Å². The van der Waals surface area contributed by atoms with Crippen molar-refractivity contribution in [3.63, 3.8) is 0 Å². The Morgan fingerprint density at radius 3 is 2.62 bits per heavy atom. The van der Waals surface area contributed by atoms with Crippen LogP contribution in [0.25, 0.3) is 0 Å². The maximum absolute atomic E-state index is 9.72. The number of ether oxygens (including phenoxy) is 1. The zero-order valence-corrected chi connectivity index (χ0v) is 13.5. The summed E-state index contributed by atoms with van der Waals surface area (Å²) in [7, 11) is 0. The second kappa shape index (κ2) is 6.24. The summed E-state index contributed by atoms with van der Waals surface area (Å²) in [5.41, 5.74) is -0.278. The molecule has 1 N–H and O–H groups in total. The Hall–Kier alpha value is -0.630. The molecule has 3 rings (SSSR count). The normalized spacial score (nSPS) is 39.8. The van der Waals surface area contributed by atoms with Crippen molar-refractivity contribution in [3.05, 3.63) is 0 Å². The summed E-state index contributed by atoms with van der Waals surface area (Å²) < 4.78 is 5.91. The Kier molecular flexibility index (Phi) is 4.54. The van der Waals surface area contributed by atoms with Gasteiger partial charge in [-0.05, 0) is 58.4 Å². The van der Waals surface area contributed by atoms with Gasteiger partial charge in [0.1, 0.15) is 5.54 Å². The molecule has 118 valence electrons. The molecule has 3 fully saturated rings. The van der Waals surface area contributed by atoms with Gasteiger partial charge in [-0.3, -0.25) is 10.2 Å². The van der Waals surface area contributed by atoms with E-state index in [0.29, 0.717) is 24.2 Å². The fourth-order valence-electron chi connectivity index (χ4n) is 4.57. The lowest BCUT2D eigenvalue weighted by Crippen LogP contribution is -2.51. The molecule has 2 saturated heterocycles. The van der Waals surface area contributed by atoms with Crippen LogP contribution in [0, 0.1) is 17.2 Å². The van der Waals surface area contributed by atoms with Gasteiger partial charge in [0.05, 0.1) is 18.3 Å². The van der Waals surface area contributed by atoms with Crippen LogP contribution in [0.2, 0.25) is 0 Å². The van der Waals surface area contributed by atoms with E-state index in [0.717, 1.165) is 32.5 Å². The van der Waals surface area contributed by atoms with Crippen LogP contribution in [0.5, 0.6) is 0 Å². The molecule has 4 unspecified atom stereocenters. The lowest BCUT2D eigenvalue weighted by atomic mass is 9.85. The average Bonchev–Trinajstić information content (AvgIpc) is 3.00. The third-order valence-corrected chi connectivity index (χ3v) is 5.48. The van der Waals surface area contributed by atoms with Crippen LogP contribution in [0.3, 0.4) is 0 Å². The van der Waals surface area contributed by atoms with Gasteiger partial charge >= 0.3 is 0 Å². The van der Waals surface area contributed by atoms with Crippen molar-refractivity contribution < 1.29 is 4.74 Å². The van der Waals surface area contributed by atoms with Gasteiger partial charge in [0.2, 0.25) is 0 Å². The monoisotopic (exact) mass is 291 g/mol. The van der Waals surface area contributed by atoms with Crippen molar-refractivity contribution in [1.29, 1.82) is 5.26 Å². The zero-order valence-electron chi connectivity index (χ0n) is 13.5. The summed E-state index contributed by atoms with van der Waals surface area (Å²) in [4.78, 5) is 2.57. The van der Waals surface area contributed by atoms with Gasteiger partial charge in [-0.2, -0.15) is 5.26 Å². The van der Waals surface area contributed by atoms with E-state index in [1.807, 2.05) is 0 Å². The Labute approximate surface area is 128 Å². The topological polar surface area (TPSA) is 48.3 Å². The van der Waals surface area contributed by atoms with E-state index in [1.165, 1.54) is 25.7 Å². The molecular formula is C17H29N3O. The largest absolute Gasteiger partial charge is 0.372 e. The maximum Gasteiger partial charge on any atom is 0.109 e. The second-order valence-corrected chi connectivity index (χ2v) is 7.48. The molecule has 0 aromatic rings. The second-order valence-electron chi connectivity index (χ2n) is 7.48. The molecule has 3 aliphatic rings. The highest BCUT2D eigenvalue weighted by Crippen LogP contribution is 2.38. The zero-order chi connectivity index (χ0) is 14.9. The SMILES string of the molecule is CC(C)NC1(C#N)CCCC1CCN1CC2CCC(C1)O2. The number of nitriles is 1. The average molecular weight is 291 g/mol. The summed E-state index contributed by atoms with van der Waals surface area (Å²) in [5, 5.41) is 13.3. The lowest BCUT2D eigenvalue weighted by molar-refractivity contribution is -0.0399. The molecule has 4 atom stereocenters. The Morgan fingerprint density at radius 2 is 2.00 bits per heavy atom. The molecule has 2 heterocycles. The summed E-state index contributed by atoms with van der Waals surface area (Å²) in [6.07, 6.45) is 7.97. The van der Waals surface area contributed by atoms with Crippen molar-refractivity contribution in [2.75, 3.05) is 19.6 Å². The quantitative estimate of drug-likeness (QED) is 0.844. The van der Waals surface area contributed by atoms with Crippen LogP contribution >= 0.6 is 0 Å². The van der Waals surface area contributed by atoms with Gasteiger partial charge in [-0.1, -0.05) is 6.42 Å². The molecule has 1 aliphatic carbocycles. The van der Waals surface area contributed by atoms with Gasteiger partial charge in [0.25, 0.3) is 0 Å². The van der Waals surface area contributed by atoms with Gasteiger partial charge in [-0.25, -0.2) is 0 Å². The van der Waals surface area contributed by atoms with Crippen molar-refractivity contribution in [2.45, 2.75) is 76.2 Å². The van der Waals surface area contributed by atoms with E-state index in [-0.39, 0.29) is 5.54 Å². The Morgan fingerprint density at radius 1 is 1.29 bits per heavy atom. The molecule has 0 spiro atoms. The predicted octanol–water partition coefficient (Wildman–Crippen LogP) is 2.30. The molecule has 4 nitrogen and oxygen atoms in total. The first kappa shape index (κ1) is 15.3. The summed E-state index contributed by atoms with van der Waals surface area (Å²) in [6.45, 7) is 7.62. The molecule has 0 aromatic carbocycles. The number of nitrogens with one attached hydrogen (secondary N) is 1. The first-order chi connectivity index (χ1) is 10.1. The smallest absolute Gasteiger partial charge is 0.109 e. The summed E-state index contributed by atoms with van der Waals surface area (Å²) in [6, 6.07) is 3.00. The minimum Gasteiger partial charge on any atom is -0.372 e. The standard InChI is InChI=1S/C17H29N3O/c1-13(2)19-17(12-18)8-3-4-14(17)7-9-20-10-15-5-6-16(11-20)21-15/h13-16,19H,3-11H2,1-2H3. The van der Waals surface area contributed by atoms with Crippen molar-refractivity contribution in [3.8, 4) is 6.07 Å². The number of hydrogen-bond acceptors (Lipinski definition) is 4. The molecule has 1 saturated carbocycles. The fraction of sp³-hybridized carbons (Fsp3) is 0.941. The number of fused-ring (bicyclic) bond motifs is 2. The first-order valence-corrected chi connectivity index (χ1v) is 8.68. The molecule has 2 aliphatic heterocycles. The third kappa shape index (κ3) is 3.26. The number of morpholine rings is 1. The van der Waals surface area contributed by atoms with Crippen LogP contribution in [-0.4, -0.2) is 48.3 Å². The fourth-order valence-corrected chi connectivity index (χ4v) is 4.57. The molecule has 2 bridgehead atoms. The molecule has 0 radical (unpaired) electrons. The highest BCUT2D eigenvalue weighted by Gasteiger charge is 2.43. The first-order valence-electron chi connectivity index (χ1n) is 8.68. The minimum atomic E-state index is -0.278. The van der Waals surface area contributed by atoms with Crippen LogP contribution in [-0.2, 0) is 4.74 Å². The van der Waals surface area contributed by atoms with Crippen LogP contribution < -0.4 is 5.32 Å². The number of hydrogen-bond donors (Lipinski definition) is 1. The van der Waals surface area contributed by atoms with Gasteiger partial charge in [-0.15, -0.1) is 0 Å². The molecular weight excluding hydrogens is 262 g/mol. The molecule has 4 heteroatoms. The van der Waals surface area contributed by atoms with Gasteiger partial charge in [0, 0.05) is 19.1 Å². The van der Waals surface area contributed by atoms with E-state index < -0.39 is 0 Å². The molecule has 0 amide bonds. The predicted molar refractivity (Wildman–Crippen MR) is 82.9 cm³/mol. The van der Waals surface area contributed by atoms with Crippen LogP contribution in [0.15, 0.2) is 0 Å². The highest BCUT2D eigenvalue weighted by molar-refractivity contribution is 5.14. The van der Waals surface area contributed by atoms with E-state index in [2.05, 4.69) is 30.1 Å². The molecule has 21 heavy (non-hydrogen) atoms. The Balaban J connectivity index is 1.55. The Bertz CT molecular complexity index is 393. The molecule has 0 aromatic heterocycles. The van der Waals surface area contributed by atoms with Crippen molar-refractivity contribution >= 4 is 0 Å². The maximum atomic E-state index is 9.72. The number of rotatable bonds is 5. The lowest BCUT2D eigenvalue weighted by Gasteiger charge is -2.36. The number of nitrogens with zero attached hydrogens (tertiary/aromatic N) is 2. The van der Waals surface area contributed by atoms with E-state index in [9.17, 15) is 5.26 Å².